The molecule has 3 aromatic rings. The van der Waals surface area contributed by atoms with Crippen molar-refractivity contribution >= 4 is 27.4 Å². The lowest BCUT2D eigenvalue weighted by molar-refractivity contribution is 0.373. The van der Waals surface area contributed by atoms with E-state index in [1.165, 1.54) is 58.6 Å². The van der Waals surface area contributed by atoms with Gasteiger partial charge < -0.3 is 9.64 Å². The zero-order valence-corrected chi connectivity index (χ0v) is 18.7. The molecular weight excluding hydrogens is 459 g/mol. The highest BCUT2D eigenvalue weighted by molar-refractivity contribution is 7.89. The van der Waals surface area contributed by atoms with E-state index >= 15 is 0 Å². The summed E-state index contributed by atoms with van der Waals surface area (Å²) in [7, 11) is -2.40. The number of halogens is 2. The number of sulfonamides is 1. The molecule has 32 heavy (non-hydrogen) atoms. The molecule has 2 heterocycles. The minimum Gasteiger partial charge on any atom is -0.495 e. The van der Waals surface area contributed by atoms with Crippen LogP contribution in [0.15, 0.2) is 64.3 Å². The lowest BCUT2D eigenvalue weighted by Crippen LogP contribution is -2.49. The fourth-order valence-corrected chi connectivity index (χ4v) is 5.33. The number of ether oxygens (including phenoxy) is 1. The van der Waals surface area contributed by atoms with Gasteiger partial charge >= 0.3 is 0 Å². The molecule has 1 aliphatic heterocycles. The summed E-state index contributed by atoms with van der Waals surface area (Å²) in [6.45, 7) is 1.18. The van der Waals surface area contributed by atoms with E-state index < -0.39 is 15.8 Å². The first-order chi connectivity index (χ1) is 15.3. The number of hydrogen-bond donors (Lipinski definition) is 0. The molecule has 1 saturated heterocycles. The molecule has 0 atom stereocenters. The molecular formula is C21H20ClFN4O4S. The molecule has 11 heteroatoms. The Kier molecular flexibility index (Phi) is 6.18. The molecule has 0 aliphatic carbocycles. The summed E-state index contributed by atoms with van der Waals surface area (Å²) in [5.74, 6) is 0.336. The Balaban J connectivity index is 1.54. The normalized spacial score (nSPS) is 15.0. The molecule has 0 bridgehead atoms. The van der Waals surface area contributed by atoms with Gasteiger partial charge in [-0.15, -0.1) is 5.10 Å². The molecule has 168 valence electrons. The van der Waals surface area contributed by atoms with Crippen LogP contribution in [0, 0.1) is 5.82 Å². The number of rotatable bonds is 5. The van der Waals surface area contributed by atoms with Crippen LogP contribution in [0.1, 0.15) is 0 Å². The summed E-state index contributed by atoms with van der Waals surface area (Å²) in [6, 6.07) is 12.9. The summed E-state index contributed by atoms with van der Waals surface area (Å²) >= 11 is 6.01. The fraction of sp³-hybridized carbons (Fsp3) is 0.238. The molecule has 0 N–H and O–H groups in total. The van der Waals surface area contributed by atoms with E-state index in [9.17, 15) is 17.6 Å². The summed E-state index contributed by atoms with van der Waals surface area (Å²) in [5, 5.41) is 4.68. The third-order valence-corrected chi connectivity index (χ3v) is 7.32. The largest absolute Gasteiger partial charge is 0.495 e. The zero-order chi connectivity index (χ0) is 22.9. The van der Waals surface area contributed by atoms with Crippen LogP contribution in [-0.4, -0.2) is 55.8 Å². The van der Waals surface area contributed by atoms with Crippen molar-refractivity contribution in [2.24, 2.45) is 0 Å². The molecule has 0 saturated carbocycles. The van der Waals surface area contributed by atoms with Gasteiger partial charge in [-0.05, 0) is 48.5 Å². The van der Waals surface area contributed by atoms with Gasteiger partial charge in [-0.1, -0.05) is 11.6 Å². The molecule has 0 unspecified atom stereocenters. The smallest absolute Gasteiger partial charge is 0.271 e. The van der Waals surface area contributed by atoms with E-state index in [0.29, 0.717) is 29.6 Å². The van der Waals surface area contributed by atoms with Crippen molar-refractivity contribution in [3.05, 3.63) is 75.8 Å². The molecule has 1 aliphatic rings. The average Bonchev–Trinajstić information content (AvgIpc) is 2.80. The second-order valence-corrected chi connectivity index (χ2v) is 9.45. The molecule has 2 aromatic carbocycles. The van der Waals surface area contributed by atoms with Crippen molar-refractivity contribution in [3.63, 3.8) is 0 Å². The second-order valence-electron chi connectivity index (χ2n) is 7.10. The van der Waals surface area contributed by atoms with Crippen LogP contribution < -0.4 is 15.2 Å². The number of piperazine rings is 1. The number of aromatic nitrogens is 2. The van der Waals surface area contributed by atoms with Gasteiger partial charge in [0.25, 0.3) is 5.56 Å². The van der Waals surface area contributed by atoms with Crippen molar-refractivity contribution in [2.75, 3.05) is 38.2 Å². The van der Waals surface area contributed by atoms with Crippen LogP contribution >= 0.6 is 11.6 Å². The van der Waals surface area contributed by atoms with Crippen molar-refractivity contribution in [1.82, 2.24) is 14.1 Å². The Bertz CT molecular complexity index is 1290. The van der Waals surface area contributed by atoms with Crippen molar-refractivity contribution in [3.8, 4) is 11.4 Å². The summed E-state index contributed by atoms with van der Waals surface area (Å²) in [4.78, 5) is 14.2. The Morgan fingerprint density at radius 2 is 1.69 bits per heavy atom. The van der Waals surface area contributed by atoms with Gasteiger partial charge in [0, 0.05) is 37.3 Å². The molecule has 1 aromatic heterocycles. The Morgan fingerprint density at radius 3 is 2.34 bits per heavy atom. The highest BCUT2D eigenvalue weighted by Gasteiger charge is 2.31. The standard InChI is InChI=1S/C21H20ClFN4O4S/c1-31-18-7-2-15(22)14-19(18)32(29,30)26-12-10-25(11-13-26)20-8-9-21(28)27(24-20)17-5-3-16(23)4-6-17/h2-9,14H,10-13H2,1H3. The number of anilines is 1. The molecule has 8 nitrogen and oxygen atoms in total. The monoisotopic (exact) mass is 478 g/mol. The third-order valence-electron chi connectivity index (χ3n) is 5.16. The van der Waals surface area contributed by atoms with E-state index in [-0.39, 0.29) is 29.3 Å². The maximum absolute atomic E-state index is 13.2. The Hall–Kier alpha value is -2.95. The predicted molar refractivity (Wildman–Crippen MR) is 119 cm³/mol. The van der Waals surface area contributed by atoms with Gasteiger partial charge in [0.2, 0.25) is 10.0 Å². The number of methoxy groups -OCH3 is 1. The van der Waals surface area contributed by atoms with Gasteiger partial charge in [-0.3, -0.25) is 4.79 Å². The van der Waals surface area contributed by atoms with Gasteiger partial charge in [-0.2, -0.15) is 8.99 Å². The van der Waals surface area contributed by atoms with Gasteiger partial charge in [0.1, 0.15) is 22.3 Å². The van der Waals surface area contributed by atoms with Crippen LogP contribution in [0.3, 0.4) is 0 Å². The molecule has 1 fully saturated rings. The summed E-state index contributed by atoms with van der Waals surface area (Å²) < 4.78 is 47.3. The van der Waals surface area contributed by atoms with Crippen LogP contribution in [-0.2, 0) is 10.0 Å². The average molecular weight is 479 g/mol. The van der Waals surface area contributed by atoms with E-state index in [1.54, 1.807) is 12.1 Å². The van der Waals surface area contributed by atoms with Gasteiger partial charge in [0.15, 0.2) is 0 Å². The number of nitrogens with zero attached hydrogens (tertiary/aromatic N) is 4. The van der Waals surface area contributed by atoms with Gasteiger partial charge in [0.05, 0.1) is 12.8 Å². The molecule has 0 radical (unpaired) electrons. The maximum Gasteiger partial charge on any atom is 0.271 e. The first-order valence-electron chi connectivity index (χ1n) is 9.74. The Morgan fingerprint density at radius 1 is 1.00 bits per heavy atom. The minimum atomic E-state index is -3.81. The summed E-state index contributed by atoms with van der Waals surface area (Å²) in [5.41, 5.74) is 0.0853. The first-order valence-corrected chi connectivity index (χ1v) is 11.6. The van der Waals surface area contributed by atoms with E-state index in [1.807, 2.05) is 4.90 Å². The second kappa shape index (κ2) is 8.89. The highest BCUT2D eigenvalue weighted by Crippen LogP contribution is 2.30. The topological polar surface area (TPSA) is 84.7 Å². The third kappa shape index (κ3) is 4.34. The summed E-state index contributed by atoms with van der Waals surface area (Å²) in [6.07, 6.45) is 0. The first kappa shape index (κ1) is 22.3. The maximum atomic E-state index is 13.2. The fourth-order valence-electron chi connectivity index (χ4n) is 3.49. The van der Waals surface area contributed by atoms with Crippen molar-refractivity contribution in [1.29, 1.82) is 0 Å². The van der Waals surface area contributed by atoms with Crippen LogP contribution in [0.5, 0.6) is 5.75 Å². The Labute approximate surface area is 189 Å². The lowest BCUT2D eigenvalue weighted by Gasteiger charge is -2.34. The van der Waals surface area contributed by atoms with Crippen molar-refractivity contribution in [2.45, 2.75) is 4.90 Å². The van der Waals surface area contributed by atoms with Gasteiger partial charge in [-0.25, -0.2) is 12.8 Å². The highest BCUT2D eigenvalue weighted by atomic mass is 35.5. The predicted octanol–water partition coefficient (Wildman–Crippen LogP) is 2.54. The quantitative estimate of drug-likeness (QED) is 0.560. The van der Waals surface area contributed by atoms with Crippen LogP contribution in [0.4, 0.5) is 10.2 Å². The number of benzene rings is 2. The zero-order valence-electron chi connectivity index (χ0n) is 17.1. The minimum absolute atomic E-state index is 0.0175. The molecule has 0 spiro atoms. The lowest BCUT2D eigenvalue weighted by atomic mass is 10.3. The van der Waals surface area contributed by atoms with E-state index in [0.717, 1.165) is 0 Å². The number of hydrogen-bond acceptors (Lipinski definition) is 6. The van der Waals surface area contributed by atoms with Crippen molar-refractivity contribution < 1.29 is 17.5 Å². The van der Waals surface area contributed by atoms with E-state index in [2.05, 4.69) is 5.10 Å². The SMILES string of the molecule is COc1ccc(Cl)cc1S(=O)(=O)N1CCN(c2ccc(=O)n(-c3ccc(F)cc3)n2)CC1. The molecule has 4 rings (SSSR count). The van der Waals surface area contributed by atoms with E-state index in [4.69, 9.17) is 16.3 Å². The molecule has 0 amide bonds. The van der Waals surface area contributed by atoms with Crippen LogP contribution in [0.2, 0.25) is 5.02 Å². The van der Waals surface area contributed by atoms with Crippen LogP contribution in [0.25, 0.3) is 5.69 Å².